The number of anilines is 1. The van der Waals surface area contributed by atoms with Crippen molar-refractivity contribution in [1.29, 1.82) is 0 Å². The van der Waals surface area contributed by atoms with E-state index in [2.05, 4.69) is 14.9 Å². The third kappa shape index (κ3) is 2.90. The van der Waals surface area contributed by atoms with E-state index in [0.29, 0.717) is 21.8 Å². The summed E-state index contributed by atoms with van der Waals surface area (Å²) in [6.07, 6.45) is 0. The number of benzene rings is 1. The van der Waals surface area contributed by atoms with Crippen LogP contribution < -0.4 is 5.32 Å². The molecule has 2 rings (SSSR count). The van der Waals surface area contributed by atoms with E-state index in [1.165, 1.54) is 0 Å². The summed E-state index contributed by atoms with van der Waals surface area (Å²) < 4.78 is 3.83. The van der Waals surface area contributed by atoms with Crippen LogP contribution in [0, 0.1) is 6.92 Å². The lowest BCUT2D eigenvalue weighted by Gasteiger charge is -2.07. The van der Waals surface area contributed by atoms with Crippen LogP contribution in [0.15, 0.2) is 18.2 Å². The van der Waals surface area contributed by atoms with Crippen LogP contribution in [-0.4, -0.2) is 20.6 Å². The van der Waals surface area contributed by atoms with Gasteiger partial charge in [0.1, 0.15) is 10.6 Å². The molecule has 2 aromatic rings. The lowest BCUT2D eigenvalue weighted by molar-refractivity contribution is 0.102. The number of hydrogen-bond acceptors (Lipinski definition) is 5. The number of phenols is 1. The van der Waals surface area contributed by atoms with E-state index in [0.717, 1.165) is 11.5 Å². The van der Waals surface area contributed by atoms with Gasteiger partial charge in [-0.15, -0.1) is 5.10 Å². The zero-order valence-corrected chi connectivity index (χ0v) is 11.8. The van der Waals surface area contributed by atoms with Crippen LogP contribution in [0.2, 0.25) is 0 Å². The SMILES string of the molecule is Cc1cc(NC(=O)c2snnc2C(C)C)ccc1O. The van der Waals surface area contributed by atoms with Gasteiger partial charge in [-0.3, -0.25) is 4.79 Å². The highest BCUT2D eigenvalue weighted by molar-refractivity contribution is 7.08. The summed E-state index contributed by atoms with van der Waals surface area (Å²) in [5.74, 6) is 0.144. The largest absolute Gasteiger partial charge is 0.508 e. The minimum absolute atomic E-state index is 0.154. The van der Waals surface area contributed by atoms with Gasteiger partial charge in [0.15, 0.2) is 0 Å². The molecule has 0 unspecified atom stereocenters. The molecule has 1 aromatic carbocycles. The molecule has 0 radical (unpaired) electrons. The molecule has 100 valence electrons. The number of carbonyl (C=O) groups excluding carboxylic acids is 1. The normalized spacial score (nSPS) is 10.7. The van der Waals surface area contributed by atoms with Gasteiger partial charge >= 0.3 is 0 Å². The third-order valence-corrected chi connectivity index (χ3v) is 3.46. The van der Waals surface area contributed by atoms with Gasteiger partial charge in [-0.2, -0.15) is 0 Å². The predicted molar refractivity (Wildman–Crippen MR) is 74.8 cm³/mol. The topological polar surface area (TPSA) is 75.1 Å². The Balaban J connectivity index is 2.21. The first-order chi connectivity index (χ1) is 8.99. The molecule has 0 saturated carbocycles. The molecule has 2 N–H and O–H groups in total. The highest BCUT2D eigenvalue weighted by Gasteiger charge is 2.18. The highest BCUT2D eigenvalue weighted by Crippen LogP contribution is 2.23. The number of phenolic OH excluding ortho intramolecular Hbond substituents is 1. The molecule has 1 aromatic heterocycles. The molecule has 0 fully saturated rings. The maximum atomic E-state index is 12.2. The average molecular weight is 277 g/mol. The monoisotopic (exact) mass is 277 g/mol. The first kappa shape index (κ1) is 13.5. The van der Waals surface area contributed by atoms with Crippen molar-refractivity contribution < 1.29 is 9.90 Å². The van der Waals surface area contributed by atoms with Crippen LogP contribution in [0.1, 0.15) is 40.7 Å². The Morgan fingerprint density at radius 3 is 2.79 bits per heavy atom. The maximum absolute atomic E-state index is 12.2. The van der Waals surface area contributed by atoms with E-state index >= 15 is 0 Å². The molecule has 0 bridgehead atoms. The summed E-state index contributed by atoms with van der Waals surface area (Å²) in [5.41, 5.74) is 2.06. The lowest BCUT2D eigenvalue weighted by atomic mass is 10.1. The van der Waals surface area contributed by atoms with E-state index in [9.17, 15) is 9.90 Å². The fourth-order valence-corrected chi connectivity index (χ4v) is 2.37. The molecule has 5 nitrogen and oxygen atoms in total. The predicted octanol–water partition coefficient (Wildman–Crippen LogP) is 2.93. The average Bonchev–Trinajstić information content (AvgIpc) is 2.83. The Kier molecular flexibility index (Phi) is 3.80. The molecule has 0 spiro atoms. The standard InChI is InChI=1S/C13H15N3O2S/c1-7(2)11-12(19-16-15-11)13(18)14-9-4-5-10(17)8(3)6-9/h4-7,17H,1-3H3,(H,14,18). The molecule has 0 atom stereocenters. The summed E-state index contributed by atoms with van der Waals surface area (Å²) in [7, 11) is 0. The van der Waals surface area contributed by atoms with Crippen LogP contribution in [0.4, 0.5) is 5.69 Å². The van der Waals surface area contributed by atoms with E-state index in [1.54, 1.807) is 25.1 Å². The number of nitrogens with one attached hydrogen (secondary N) is 1. The van der Waals surface area contributed by atoms with Gasteiger partial charge in [0, 0.05) is 5.69 Å². The molecule has 0 aliphatic heterocycles. The minimum atomic E-state index is -0.219. The number of hydrogen-bond donors (Lipinski definition) is 2. The summed E-state index contributed by atoms with van der Waals surface area (Å²) in [6.45, 7) is 5.72. The van der Waals surface area contributed by atoms with Crippen LogP contribution in [0.25, 0.3) is 0 Å². The Bertz CT molecular complexity index is 608. The number of carbonyl (C=O) groups is 1. The third-order valence-electron chi connectivity index (χ3n) is 2.72. The van der Waals surface area contributed by atoms with Crippen molar-refractivity contribution in [2.45, 2.75) is 26.7 Å². The van der Waals surface area contributed by atoms with Crippen LogP contribution in [-0.2, 0) is 0 Å². The van der Waals surface area contributed by atoms with Gasteiger partial charge in [-0.1, -0.05) is 18.3 Å². The fraction of sp³-hybridized carbons (Fsp3) is 0.308. The van der Waals surface area contributed by atoms with Gasteiger partial charge in [-0.25, -0.2) is 0 Å². The highest BCUT2D eigenvalue weighted by atomic mass is 32.1. The quantitative estimate of drug-likeness (QED) is 0.846. The van der Waals surface area contributed by atoms with Crippen molar-refractivity contribution in [2.75, 3.05) is 5.32 Å². The summed E-state index contributed by atoms with van der Waals surface area (Å²) in [6, 6.07) is 4.93. The van der Waals surface area contributed by atoms with Gasteiger partial charge < -0.3 is 10.4 Å². The summed E-state index contributed by atoms with van der Waals surface area (Å²) >= 11 is 1.09. The van der Waals surface area contributed by atoms with Gasteiger partial charge in [-0.05, 0) is 48.1 Å². The Labute approximate surface area is 115 Å². The Morgan fingerprint density at radius 2 is 2.16 bits per heavy atom. The van der Waals surface area contributed by atoms with Crippen molar-refractivity contribution in [2.24, 2.45) is 0 Å². The van der Waals surface area contributed by atoms with Crippen molar-refractivity contribution in [3.8, 4) is 5.75 Å². The van der Waals surface area contributed by atoms with Crippen LogP contribution in [0.3, 0.4) is 0 Å². The maximum Gasteiger partial charge on any atom is 0.269 e. The molecule has 0 saturated heterocycles. The summed E-state index contributed by atoms with van der Waals surface area (Å²) in [4.78, 5) is 12.7. The lowest BCUT2D eigenvalue weighted by Crippen LogP contribution is -2.13. The zero-order chi connectivity index (χ0) is 14.0. The Morgan fingerprint density at radius 1 is 1.42 bits per heavy atom. The number of aryl methyl sites for hydroxylation is 1. The van der Waals surface area contributed by atoms with Crippen molar-refractivity contribution in [3.05, 3.63) is 34.3 Å². The zero-order valence-electron chi connectivity index (χ0n) is 11.0. The first-order valence-corrected chi connectivity index (χ1v) is 6.69. The van der Waals surface area contributed by atoms with E-state index in [-0.39, 0.29) is 17.6 Å². The number of nitrogens with zero attached hydrogens (tertiary/aromatic N) is 2. The minimum Gasteiger partial charge on any atom is -0.508 e. The van der Waals surface area contributed by atoms with E-state index < -0.39 is 0 Å². The van der Waals surface area contributed by atoms with E-state index in [4.69, 9.17) is 0 Å². The molecular formula is C13H15N3O2S. The van der Waals surface area contributed by atoms with Crippen molar-refractivity contribution in [1.82, 2.24) is 9.59 Å². The molecule has 0 aliphatic rings. The molecular weight excluding hydrogens is 262 g/mol. The molecule has 1 heterocycles. The molecule has 0 aliphatic carbocycles. The van der Waals surface area contributed by atoms with Crippen molar-refractivity contribution >= 4 is 23.1 Å². The fourth-order valence-electron chi connectivity index (χ4n) is 1.65. The number of rotatable bonds is 3. The van der Waals surface area contributed by atoms with Crippen molar-refractivity contribution in [3.63, 3.8) is 0 Å². The summed E-state index contributed by atoms with van der Waals surface area (Å²) in [5, 5.41) is 16.2. The number of aromatic hydroxyl groups is 1. The second-order valence-electron chi connectivity index (χ2n) is 4.60. The smallest absolute Gasteiger partial charge is 0.269 e. The molecule has 19 heavy (non-hydrogen) atoms. The molecule has 6 heteroatoms. The number of aromatic nitrogens is 2. The van der Waals surface area contributed by atoms with Gasteiger partial charge in [0.05, 0.1) is 5.69 Å². The number of amides is 1. The van der Waals surface area contributed by atoms with Crippen LogP contribution in [0.5, 0.6) is 5.75 Å². The van der Waals surface area contributed by atoms with Gasteiger partial charge in [0.2, 0.25) is 0 Å². The second-order valence-corrected chi connectivity index (χ2v) is 5.35. The molecule has 1 amide bonds. The van der Waals surface area contributed by atoms with Gasteiger partial charge in [0.25, 0.3) is 5.91 Å². The van der Waals surface area contributed by atoms with Crippen LogP contribution >= 0.6 is 11.5 Å². The second kappa shape index (κ2) is 5.36. The Hall–Kier alpha value is -1.95. The van der Waals surface area contributed by atoms with E-state index in [1.807, 2.05) is 13.8 Å². The first-order valence-electron chi connectivity index (χ1n) is 5.92.